The highest BCUT2D eigenvalue weighted by Gasteiger charge is 2.26. The first-order chi connectivity index (χ1) is 9.77. The van der Waals surface area contributed by atoms with Crippen molar-refractivity contribution >= 4 is 15.9 Å². The zero-order chi connectivity index (χ0) is 15.6. The topological polar surface area (TPSA) is 92.5 Å². The highest BCUT2D eigenvalue weighted by atomic mass is 32.2. The fraction of sp³-hybridized carbons (Fsp3) is 0.692. The largest absolute Gasteiger partial charge is 0.361 e. The molecular formula is C13H21N3O4S. The molecule has 1 saturated heterocycles. The lowest BCUT2D eigenvalue weighted by atomic mass is 10.1. The Morgan fingerprint density at radius 2 is 2.00 bits per heavy atom. The monoisotopic (exact) mass is 315 g/mol. The molecular weight excluding hydrogens is 294 g/mol. The Kier molecular flexibility index (Phi) is 4.67. The van der Waals surface area contributed by atoms with Crippen LogP contribution in [0, 0.1) is 13.8 Å². The molecule has 0 aromatic carbocycles. The highest BCUT2D eigenvalue weighted by molar-refractivity contribution is 7.88. The van der Waals surface area contributed by atoms with E-state index in [1.807, 2.05) is 6.92 Å². The number of aryl methyl sites for hydroxylation is 2. The number of rotatable bonds is 4. The summed E-state index contributed by atoms with van der Waals surface area (Å²) < 4.78 is 29.3. The molecule has 1 aliphatic rings. The van der Waals surface area contributed by atoms with E-state index in [1.165, 1.54) is 10.6 Å². The van der Waals surface area contributed by atoms with E-state index in [0.29, 0.717) is 31.7 Å². The standard InChI is InChI=1S/C13H21N3O4S/c1-9-12(10(2)20-15-9)8-13(17)14-11-4-6-16(7-5-11)21(3,18)19/h11H,4-8H2,1-3H3,(H,14,17). The van der Waals surface area contributed by atoms with Crippen LogP contribution in [0.25, 0.3) is 0 Å². The fourth-order valence-electron chi connectivity index (χ4n) is 2.53. The van der Waals surface area contributed by atoms with Crippen LogP contribution in [0.15, 0.2) is 4.52 Å². The molecule has 8 heteroatoms. The van der Waals surface area contributed by atoms with Crippen molar-refractivity contribution in [1.82, 2.24) is 14.8 Å². The van der Waals surface area contributed by atoms with Gasteiger partial charge in [-0.3, -0.25) is 4.79 Å². The first-order valence-electron chi connectivity index (χ1n) is 6.93. The van der Waals surface area contributed by atoms with E-state index in [9.17, 15) is 13.2 Å². The normalized spacial score (nSPS) is 17.9. The Hall–Kier alpha value is -1.41. The number of nitrogens with one attached hydrogen (secondary N) is 1. The van der Waals surface area contributed by atoms with E-state index in [0.717, 1.165) is 11.3 Å². The van der Waals surface area contributed by atoms with E-state index in [-0.39, 0.29) is 18.4 Å². The van der Waals surface area contributed by atoms with Crippen molar-refractivity contribution in [2.24, 2.45) is 0 Å². The Morgan fingerprint density at radius 1 is 1.38 bits per heavy atom. The summed E-state index contributed by atoms with van der Waals surface area (Å²) in [7, 11) is -3.13. The van der Waals surface area contributed by atoms with Gasteiger partial charge in [-0.15, -0.1) is 0 Å². The van der Waals surface area contributed by atoms with Gasteiger partial charge in [0.25, 0.3) is 0 Å². The number of hydrogen-bond acceptors (Lipinski definition) is 5. The SMILES string of the molecule is Cc1noc(C)c1CC(=O)NC1CCN(S(C)(=O)=O)CC1. The lowest BCUT2D eigenvalue weighted by Gasteiger charge is -2.30. The van der Waals surface area contributed by atoms with Gasteiger partial charge in [-0.25, -0.2) is 12.7 Å². The minimum Gasteiger partial charge on any atom is -0.361 e. The molecule has 1 aliphatic heterocycles. The van der Waals surface area contributed by atoms with Crippen molar-refractivity contribution < 1.29 is 17.7 Å². The second-order valence-corrected chi connectivity index (χ2v) is 7.47. The summed E-state index contributed by atoms with van der Waals surface area (Å²) in [6.45, 7) is 4.50. The number of carbonyl (C=O) groups excluding carboxylic acids is 1. The molecule has 0 aliphatic carbocycles. The molecule has 118 valence electrons. The number of hydrogen-bond donors (Lipinski definition) is 1. The smallest absolute Gasteiger partial charge is 0.224 e. The lowest BCUT2D eigenvalue weighted by Crippen LogP contribution is -2.46. The van der Waals surface area contributed by atoms with Crippen molar-refractivity contribution in [2.45, 2.75) is 39.2 Å². The molecule has 1 fully saturated rings. The van der Waals surface area contributed by atoms with Crippen molar-refractivity contribution in [3.63, 3.8) is 0 Å². The van der Waals surface area contributed by atoms with Crippen LogP contribution in [-0.4, -0.2) is 49.2 Å². The van der Waals surface area contributed by atoms with E-state index >= 15 is 0 Å². The molecule has 1 amide bonds. The summed E-state index contributed by atoms with van der Waals surface area (Å²) >= 11 is 0. The third-order valence-electron chi connectivity index (χ3n) is 3.81. The van der Waals surface area contributed by atoms with Gasteiger partial charge in [0.1, 0.15) is 5.76 Å². The molecule has 0 atom stereocenters. The minimum absolute atomic E-state index is 0.0240. The van der Waals surface area contributed by atoms with Gasteiger partial charge in [0, 0.05) is 24.7 Å². The Labute approximate surface area is 124 Å². The summed E-state index contributed by atoms with van der Waals surface area (Å²) in [5.74, 6) is 0.580. The molecule has 0 radical (unpaired) electrons. The van der Waals surface area contributed by atoms with Crippen molar-refractivity contribution in [2.75, 3.05) is 19.3 Å². The number of carbonyl (C=O) groups is 1. The van der Waals surface area contributed by atoms with Crippen LogP contribution in [0.2, 0.25) is 0 Å². The van der Waals surface area contributed by atoms with Crippen LogP contribution in [0.5, 0.6) is 0 Å². The molecule has 0 saturated carbocycles. The summed E-state index contributed by atoms with van der Waals surface area (Å²) in [5, 5.41) is 6.78. The van der Waals surface area contributed by atoms with Crippen molar-refractivity contribution in [1.29, 1.82) is 0 Å². The number of sulfonamides is 1. The number of aromatic nitrogens is 1. The molecule has 0 bridgehead atoms. The second-order valence-electron chi connectivity index (χ2n) is 5.48. The van der Waals surface area contributed by atoms with E-state index in [2.05, 4.69) is 10.5 Å². The molecule has 0 unspecified atom stereocenters. The average molecular weight is 315 g/mol. The van der Waals surface area contributed by atoms with Gasteiger partial charge in [-0.2, -0.15) is 0 Å². The predicted molar refractivity (Wildman–Crippen MR) is 77.3 cm³/mol. The van der Waals surface area contributed by atoms with Gasteiger partial charge in [-0.05, 0) is 26.7 Å². The third kappa shape index (κ3) is 4.04. The maximum atomic E-state index is 12.0. The van der Waals surface area contributed by atoms with Crippen LogP contribution >= 0.6 is 0 Å². The van der Waals surface area contributed by atoms with Crippen LogP contribution in [0.3, 0.4) is 0 Å². The second kappa shape index (κ2) is 6.15. The van der Waals surface area contributed by atoms with E-state index in [4.69, 9.17) is 4.52 Å². The summed E-state index contributed by atoms with van der Waals surface area (Å²) in [5.41, 5.74) is 1.55. The van der Waals surface area contributed by atoms with E-state index in [1.54, 1.807) is 6.92 Å². The van der Waals surface area contributed by atoms with Crippen LogP contribution < -0.4 is 5.32 Å². The summed E-state index contributed by atoms with van der Waals surface area (Å²) in [6.07, 6.45) is 2.73. The van der Waals surface area contributed by atoms with Gasteiger partial charge >= 0.3 is 0 Å². The van der Waals surface area contributed by atoms with Crippen molar-refractivity contribution in [3.8, 4) is 0 Å². The highest BCUT2D eigenvalue weighted by Crippen LogP contribution is 2.15. The van der Waals surface area contributed by atoms with Gasteiger partial charge in [0.05, 0.1) is 18.4 Å². The molecule has 2 heterocycles. The summed E-state index contributed by atoms with van der Waals surface area (Å²) in [4.78, 5) is 12.0. The Balaban J connectivity index is 1.85. The van der Waals surface area contributed by atoms with Gasteiger partial charge in [0.15, 0.2) is 0 Å². The van der Waals surface area contributed by atoms with Gasteiger partial charge < -0.3 is 9.84 Å². The lowest BCUT2D eigenvalue weighted by molar-refractivity contribution is -0.121. The fourth-order valence-corrected chi connectivity index (χ4v) is 3.40. The molecule has 1 aromatic heterocycles. The quantitative estimate of drug-likeness (QED) is 0.867. The zero-order valence-electron chi connectivity index (χ0n) is 12.5. The zero-order valence-corrected chi connectivity index (χ0v) is 13.4. The van der Waals surface area contributed by atoms with Crippen LogP contribution in [0.1, 0.15) is 29.9 Å². The predicted octanol–water partition coefficient (Wildman–Crippen LogP) is 0.374. The van der Waals surface area contributed by atoms with E-state index < -0.39 is 10.0 Å². The maximum absolute atomic E-state index is 12.0. The first kappa shape index (κ1) is 16.0. The maximum Gasteiger partial charge on any atom is 0.224 e. The Bertz CT molecular complexity index is 596. The molecule has 0 spiro atoms. The Morgan fingerprint density at radius 3 is 2.48 bits per heavy atom. The first-order valence-corrected chi connectivity index (χ1v) is 8.78. The van der Waals surface area contributed by atoms with Crippen molar-refractivity contribution in [3.05, 3.63) is 17.0 Å². The molecule has 2 rings (SSSR count). The molecule has 1 N–H and O–H groups in total. The number of piperidine rings is 1. The van der Waals surface area contributed by atoms with Crippen LogP contribution in [0.4, 0.5) is 0 Å². The number of amides is 1. The van der Waals surface area contributed by atoms with Gasteiger partial charge in [0.2, 0.25) is 15.9 Å². The minimum atomic E-state index is -3.13. The van der Waals surface area contributed by atoms with Crippen LogP contribution in [-0.2, 0) is 21.2 Å². The average Bonchev–Trinajstić information content (AvgIpc) is 2.70. The van der Waals surface area contributed by atoms with Gasteiger partial charge in [-0.1, -0.05) is 5.16 Å². The number of nitrogens with zero attached hydrogens (tertiary/aromatic N) is 2. The molecule has 1 aromatic rings. The molecule has 7 nitrogen and oxygen atoms in total. The summed E-state index contributed by atoms with van der Waals surface area (Å²) in [6, 6.07) is 0.0240. The molecule has 21 heavy (non-hydrogen) atoms. The third-order valence-corrected chi connectivity index (χ3v) is 5.11.